The van der Waals surface area contributed by atoms with Crippen molar-refractivity contribution >= 4 is 34.6 Å². The number of hydrogen-bond donors (Lipinski definition) is 1. The van der Waals surface area contributed by atoms with Crippen molar-refractivity contribution in [3.8, 4) is 0 Å². The largest absolute Gasteiger partial charge is 0.381 e. The van der Waals surface area contributed by atoms with Crippen LogP contribution in [0.2, 0.25) is 5.02 Å². The number of nitrogens with one attached hydrogen (secondary N) is 1. The maximum Gasteiger partial charge on any atom is 0.227 e. The number of likely N-dealkylation sites (tertiary alicyclic amines) is 2. The van der Waals surface area contributed by atoms with Crippen molar-refractivity contribution in [2.45, 2.75) is 50.5 Å². The molecule has 3 aromatic rings. The number of ether oxygens (including phenoxy) is 1. The number of piperidine rings is 1. The van der Waals surface area contributed by atoms with E-state index < -0.39 is 0 Å². The van der Waals surface area contributed by atoms with Gasteiger partial charge >= 0.3 is 0 Å². The highest BCUT2D eigenvalue weighted by Gasteiger charge is 2.38. The zero-order chi connectivity index (χ0) is 25.4. The van der Waals surface area contributed by atoms with E-state index in [0.717, 1.165) is 61.4 Å². The summed E-state index contributed by atoms with van der Waals surface area (Å²) < 4.78 is 5.51. The molecule has 0 saturated carbocycles. The van der Waals surface area contributed by atoms with Crippen LogP contribution in [-0.4, -0.2) is 69.4 Å². The van der Waals surface area contributed by atoms with Crippen molar-refractivity contribution in [3.05, 3.63) is 58.5 Å². The number of benzene rings is 1. The quantitative estimate of drug-likeness (QED) is 0.541. The van der Waals surface area contributed by atoms with Gasteiger partial charge in [0, 0.05) is 63.0 Å². The number of pyridine rings is 1. The molecule has 2 amide bonds. The van der Waals surface area contributed by atoms with Crippen molar-refractivity contribution < 1.29 is 14.3 Å². The van der Waals surface area contributed by atoms with Gasteiger partial charge in [0.15, 0.2) is 5.65 Å². The lowest BCUT2D eigenvalue weighted by Crippen LogP contribution is -2.42. The highest BCUT2D eigenvalue weighted by Crippen LogP contribution is 2.35. The summed E-state index contributed by atoms with van der Waals surface area (Å²) >= 11 is 6.28. The van der Waals surface area contributed by atoms with Crippen LogP contribution in [0.1, 0.15) is 60.9 Å². The number of H-pyrrole nitrogens is 1. The van der Waals surface area contributed by atoms with Crippen LogP contribution in [0.4, 0.5) is 0 Å². The molecule has 8 nitrogen and oxygen atoms in total. The van der Waals surface area contributed by atoms with Gasteiger partial charge in [0.1, 0.15) is 11.3 Å². The van der Waals surface area contributed by atoms with Crippen LogP contribution in [0.5, 0.6) is 0 Å². The number of halogens is 1. The molecule has 1 aromatic carbocycles. The summed E-state index contributed by atoms with van der Waals surface area (Å²) in [5, 5.41) is 0.647. The Labute approximate surface area is 221 Å². The zero-order valence-electron chi connectivity index (χ0n) is 20.9. The van der Waals surface area contributed by atoms with Gasteiger partial charge in [0.2, 0.25) is 11.8 Å². The molecule has 3 aliphatic heterocycles. The number of nitrogens with zero attached hydrogens (tertiary/aromatic N) is 4. The van der Waals surface area contributed by atoms with Gasteiger partial charge in [-0.3, -0.25) is 9.59 Å². The van der Waals surface area contributed by atoms with E-state index in [9.17, 15) is 9.59 Å². The van der Waals surface area contributed by atoms with Gasteiger partial charge in [-0.1, -0.05) is 29.8 Å². The molecule has 1 unspecified atom stereocenters. The summed E-state index contributed by atoms with van der Waals surface area (Å²) in [6.07, 6.45) is 5.86. The minimum absolute atomic E-state index is 0.0196. The van der Waals surface area contributed by atoms with E-state index in [1.807, 2.05) is 35.4 Å². The van der Waals surface area contributed by atoms with Crippen molar-refractivity contribution in [2.75, 3.05) is 32.8 Å². The Kier molecular flexibility index (Phi) is 6.86. The molecule has 194 valence electrons. The second-order valence-corrected chi connectivity index (χ2v) is 10.9. The van der Waals surface area contributed by atoms with Gasteiger partial charge in [-0.05, 0) is 54.9 Å². The third-order valence-electron chi connectivity index (χ3n) is 8.17. The highest BCUT2D eigenvalue weighted by molar-refractivity contribution is 6.31. The van der Waals surface area contributed by atoms with Crippen LogP contribution in [0, 0.1) is 5.92 Å². The average molecular weight is 522 g/mol. The maximum atomic E-state index is 13.3. The van der Waals surface area contributed by atoms with Crippen LogP contribution >= 0.6 is 11.6 Å². The molecule has 3 fully saturated rings. The van der Waals surface area contributed by atoms with Crippen molar-refractivity contribution in [2.24, 2.45) is 5.92 Å². The van der Waals surface area contributed by atoms with Crippen LogP contribution in [0.15, 0.2) is 36.5 Å². The first-order valence-electron chi connectivity index (χ1n) is 13.3. The van der Waals surface area contributed by atoms with Crippen LogP contribution in [0.3, 0.4) is 0 Å². The molecule has 2 aromatic heterocycles. The van der Waals surface area contributed by atoms with Gasteiger partial charge < -0.3 is 19.5 Å². The molecule has 6 rings (SSSR count). The molecule has 3 aliphatic rings. The Hall–Kier alpha value is -2.97. The Morgan fingerprint density at radius 1 is 1.08 bits per heavy atom. The molecule has 0 spiro atoms. The van der Waals surface area contributed by atoms with E-state index >= 15 is 0 Å². The molecule has 37 heavy (non-hydrogen) atoms. The van der Waals surface area contributed by atoms with Gasteiger partial charge in [-0.25, -0.2) is 9.97 Å². The summed E-state index contributed by atoms with van der Waals surface area (Å²) in [7, 11) is 0. The maximum absolute atomic E-state index is 13.3. The van der Waals surface area contributed by atoms with Gasteiger partial charge in [-0.2, -0.15) is 0 Å². The lowest BCUT2D eigenvalue weighted by molar-refractivity contribution is -0.136. The summed E-state index contributed by atoms with van der Waals surface area (Å²) in [6.45, 7) is 3.84. The first-order chi connectivity index (χ1) is 18.1. The zero-order valence-corrected chi connectivity index (χ0v) is 21.6. The molecule has 5 heterocycles. The van der Waals surface area contributed by atoms with E-state index in [2.05, 4.69) is 16.0 Å². The van der Waals surface area contributed by atoms with E-state index in [1.165, 1.54) is 5.56 Å². The first-order valence-corrected chi connectivity index (χ1v) is 13.7. The van der Waals surface area contributed by atoms with Gasteiger partial charge in [0.05, 0.1) is 5.92 Å². The molecular weight excluding hydrogens is 490 g/mol. The Morgan fingerprint density at radius 2 is 1.86 bits per heavy atom. The summed E-state index contributed by atoms with van der Waals surface area (Å²) in [5.41, 5.74) is 3.94. The second kappa shape index (κ2) is 10.4. The number of aromatic nitrogens is 3. The lowest BCUT2D eigenvalue weighted by Gasteiger charge is -2.33. The topological polar surface area (TPSA) is 91.4 Å². The third kappa shape index (κ3) is 4.97. The standard InChI is InChI=1S/C28H32ClN5O3/c29-23-4-2-1-3-20(23)16-34-17-21(15-24(34)35)28(36)33-11-6-18(7-12-33)22-5-10-30-27-25(22)31-26(32-27)19-8-13-37-14-9-19/h1-5,10,18-19,21H,6-9,11-17H2,(H,30,31,32). The highest BCUT2D eigenvalue weighted by atomic mass is 35.5. The molecule has 0 radical (unpaired) electrons. The Bertz CT molecular complexity index is 1300. The van der Waals surface area contributed by atoms with E-state index in [1.54, 1.807) is 4.90 Å². The Morgan fingerprint density at radius 3 is 2.65 bits per heavy atom. The lowest BCUT2D eigenvalue weighted by atomic mass is 9.88. The van der Waals surface area contributed by atoms with E-state index in [0.29, 0.717) is 43.0 Å². The normalized spacial score (nSPS) is 21.8. The number of aromatic amines is 1. The van der Waals surface area contributed by atoms with Crippen molar-refractivity contribution in [3.63, 3.8) is 0 Å². The number of hydrogen-bond acceptors (Lipinski definition) is 5. The number of carbonyl (C=O) groups excluding carboxylic acids is 2. The number of rotatable bonds is 5. The minimum Gasteiger partial charge on any atom is -0.381 e. The first kappa shape index (κ1) is 24.4. The van der Waals surface area contributed by atoms with Gasteiger partial charge in [-0.15, -0.1) is 0 Å². The fourth-order valence-electron chi connectivity index (χ4n) is 6.03. The summed E-state index contributed by atoms with van der Waals surface area (Å²) in [4.78, 5) is 42.7. The molecular formula is C28H32ClN5O3. The number of fused-ring (bicyclic) bond motifs is 1. The van der Waals surface area contributed by atoms with Crippen LogP contribution in [-0.2, 0) is 20.9 Å². The molecule has 1 N–H and O–H groups in total. The molecule has 3 saturated heterocycles. The second-order valence-electron chi connectivity index (χ2n) is 10.5. The molecule has 0 aliphatic carbocycles. The number of imidazole rings is 1. The number of carbonyl (C=O) groups is 2. The van der Waals surface area contributed by atoms with E-state index in [-0.39, 0.29) is 24.2 Å². The molecule has 9 heteroatoms. The van der Waals surface area contributed by atoms with Crippen LogP contribution in [0.25, 0.3) is 11.2 Å². The van der Waals surface area contributed by atoms with Crippen LogP contribution < -0.4 is 0 Å². The van der Waals surface area contributed by atoms with E-state index in [4.69, 9.17) is 21.3 Å². The smallest absolute Gasteiger partial charge is 0.227 e. The monoisotopic (exact) mass is 521 g/mol. The fraction of sp³-hybridized carbons (Fsp3) is 0.500. The fourth-order valence-corrected chi connectivity index (χ4v) is 6.23. The molecule has 0 bridgehead atoms. The minimum atomic E-state index is -0.285. The third-order valence-corrected chi connectivity index (χ3v) is 8.54. The number of amides is 2. The SMILES string of the molecule is O=C1CC(C(=O)N2CCC(c3ccnc4[nH]c(C5CCOCC5)nc34)CC2)CN1Cc1ccccc1Cl. The molecule has 1 atom stereocenters. The van der Waals surface area contributed by atoms with Gasteiger partial charge in [0.25, 0.3) is 0 Å². The summed E-state index contributed by atoms with van der Waals surface area (Å²) in [5.74, 6) is 1.57. The average Bonchev–Trinajstić information content (AvgIpc) is 3.54. The Balaban J connectivity index is 1.09. The predicted octanol–water partition coefficient (Wildman–Crippen LogP) is 4.26. The summed E-state index contributed by atoms with van der Waals surface area (Å²) in [6, 6.07) is 9.63. The van der Waals surface area contributed by atoms with Crippen molar-refractivity contribution in [1.29, 1.82) is 0 Å². The predicted molar refractivity (Wildman–Crippen MR) is 140 cm³/mol. The van der Waals surface area contributed by atoms with Crippen molar-refractivity contribution in [1.82, 2.24) is 24.8 Å².